The van der Waals surface area contributed by atoms with Crippen molar-refractivity contribution >= 4 is 21.5 Å². The second kappa shape index (κ2) is 4.34. The van der Waals surface area contributed by atoms with E-state index in [2.05, 4.69) is 9.82 Å². The molecule has 0 unspecified atom stereocenters. The summed E-state index contributed by atoms with van der Waals surface area (Å²) < 4.78 is 26.1. The van der Waals surface area contributed by atoms with Crippen LogP contribution in [0, 0.1) is 0 Å². The van der Waals surface area contributed by atoms with Crippen LogP contribution in [-0.2, 0) is 17.1 Å². The number of benzene rings is 1. The summed E-state index contributed by atoms with van der Waals surface area (Å²) >= 11 is 0. The first-order valence-electron chi connectivity index (χ1n) is 5.23. The van der Waals surface area contributed by atoms with Gasteiger partial charge < -0.3 is 5.73 Å². The lowest BCUT2D eigenvalue weighted by Crippen LogP contribution is -2.09. The summed E-state index contributed by atoms with van der Waals surface area (Å²) in [6, 6.07) is 8.70. The molecule has 0 atom stereocenters. The molecule has 0 saturated heterocycles. The number of hydrogen-bond donors (Lipinski definition) is 2. The third-order valence-corrected chi connectivity index (χ3v) is 3.01. The molecule has 3 N–H and O–H groups in total. The zero-order chi connectivity index (χ0) is 13.3. The molecule has 2 rings (SSSR count). The molecule has 1 heterocycles. The topological polar surface area (TPSA) is 90.0 Å². The van der Waals surface area contributed by atoms with Crippen LogP contribution in [0.5, 0.6) is 0 Å². The summed E-state index contributed by atoms with van der Waals surface area (Å²) in [6.07, 6.45) is 1.11. The highest BCUT2D eigenvalue weighted by Crippen LogP contribution is 2.22. The van der Waals surface area contributed by atoms with Crippen LogP contribution in [0.15, 0.2) is 30.3 Å². The van der Waals surface area contributed by atoms with E-state index in [9.17, 15) is 8.42 Å². The largest absolute Gasteiger partial charge is 0.384 e. The maximum atomic E-state index is 11.1. The van der Waals surface area contributed by atoms with Crippen LogP contribution in [0.25, 0.3) is 11.3 Å². The Balaban J connectivity index is 2.27. The number of rotatable bonds is 3. The molecule has 1 aromatic carbocycles. The Morgan fingerprint density at radius 2 is 1.89 bits per heavy atom. The standard InChI is InChI=1S/C11H14N4O2S/c1-15-11(12)7-10(13-15)8-3-5-9(6-4-8)14-18(2,16)17/h3-7,14H,12H2,1-2H3. The fourth-order valence-electron chi connectivity index (χ4n) is 1.55. The molecule has 0 aliphatic heterocycles. The Labute approximate surface area is 105 Å². The van der Waals surface area contributed by atoms with Crippen molar-refractivity contribution in [3.8, 4) is 11.3 Å². The Morgan fingerprint density at radius 3 is 2.33 bits per heavy atom. The van der Waals surface area contributed by atoms with Crippen molar-refractivity contribution in [1.82, 2.24) is 9.78 Å². The Kier molecular flexibility index (Phi) is 3.00. The van der Waals surface area contributed by atoms with Gasteiger partial charge in [0.25, 0.3) is 0 Å². The molecule has 0 spiro atoms. The Bertz CT molecular complexity index is 639. The monoisotopic (exact) mass is 266 g/mol. The van der Waals surface area contributed by atoms with Gasteiger partial charge in [-0.15, -0.1) is 0 Å². The van der Waals surface area contributed by atoms with Crippen LogP contribution < -0.4 is 10.5 Å². The van der Waals surface area contributed by atoms with Gasteiger partial charge in [0.05, 0.1) is 11.9 Å². The van der Waals surface area contributed by atoms with Crippen LogP contribution >= 0.6 is 0 Å². The molecular formula is C11H14N4O2S. The summed E-state index contributed by atoms with van der Waals surface area (Å²) in [6.45, 7) is 0. The fraction of sp³-hybridized carbons (Fsp3) is 0.182. The van der Waals surface area contributed by atoms with Crippen molar-refractivity contribution in [1.29, 1.82) is 0 Å². The van der Waals surface area contributed by atoms with Crippen molar-refractivity contribution in [2.45, 2.75) is 0 Å². The number of aryl methyl sites for hydroxylation is 1. The predicted octanol–water partition coefficient (Wildman–Crippen LogP) is 1.04. The summed E-state index contributed by atoms with van der Waals surface area (Å²) in [4.78, 5) is 0. The number of aromatic nitrogens is 2. The van der Waals surface area contributed by atoms with E-state index in [4.69, 9.17) is 5.73 Å². The molecule has 2 aromatic rings. The highest BCUT2D eigenvalue weighted by Gasteiger charge is 2.06. The van der Waals surface area contributed by atoms with Gasteiger partial charge in [-0.3, -0.25) is 9.40 Å². The van der Waals surface area contributed by atoms with E-state index in [1.807, 2.05) is 0 Å². The van der Waals surface area contributed by atoms with Crippen molar-refractivity contribution in [2.24, 2.45) is 7.05 Å². The quantitative estimate of drug-likeness (QED) is 0.868. The lowest BCUT2D eigenvalue weighted by molar-refractivity contribution is 0.607. The van der Waals surface area contributed by atoms with Crippen LogP contribution in [0.3, 0.4) is 0 Å². The van der Waals surface area contributed by atoms with Gasteiger partial charge in [-0.2, -0.15) is 5.10 Å². The van der Waals surface area contributed by atoms with Crippen molar-refractivity contribution < 1.29 is 8.42 Å². The normalized spacial score (nSPS) is 11.4. The SMILES string of the molecule is Cn1nc(-c2ccc(NS(C)(=O)=O)cc2)cc1N. The van der Waals surface area contributed by atoms with Gasteiger partial charge in [-0.1, -0.05) is 12.1 Å². The number of nitrogens with one attached hydrogen (secondary N) is 1. The minimum Gasteiger partial charge on any atom is -0.384 e. The highest BCUT2D eigenvalue weighted by atomic mass is 32.2. The molecule has 6 nitrogen and oxygen atoms in total. The molecule has 0 fully saturated rings. The third kappa shape index (κ3) is 2.80. The van der Waals surface area contributed by atoms with Gasteiger partial charge in [-0.25, -0.2) is 8.42 Å². The molecule has 0 bridgehead atoms. The zero-order valence-corrected chi connectivity index (χ0v) is 10.9. The van der Waals surface area contributed by atoms with Crippen LogP contribution in [0.4, 0.5) is 11.5 Å². The molecule has 18 heavy (non-hydrogen) atoms. The first kappa shape index (κ1) is 12.4. The van der Waals surface area contributed by atoms with E-state index in [0.717, 1.165) is 17.5 Å². The molecule has 0 amide bonds. The molecular weight excluding hydrogens is 252 g/mol. The summed E-state index contributed by atoms with van der Waals surface area (Å²) in [7, 11) is -1.48. The minimum atomic E-state index is -3.25. The number of anilines is 2. The lowest BCUT2D eigenvalue weighted by Gasteiger charge is -2.04. The maximum absolute atomic E-state index is 11.1. The van der Waals surface area contributed by atoms with Crippen LogP contribution in [0.2, 0.25) is 0 Å². The summed E-state index contributed by atoms with van der Waals surface area (Å²) in [5.74, 6) is 0.573. The first-order chi connectivity index (χ1) is 8.35. The molecule has 0 saturated carbocycles. The number of hydrogen-bond acceptors (Lipinski definition) is 4. The van der Waals surface area contributed by atoms with E-state index >= 15 is 0 Å². The first-order valence-corrected chi connectivity index (χ1v) is 7.12. The molecule has 96 valence electrons. The number of nitrogen functional groups attached to an aromatic ring is 1. The smallest absolute Gasteiger partial charge is 0.229 e. The molecule has 0 aliphatic rings. The predicted molar refractivity (Wildman–Crippen MR) is 71.5 cm³/mol. The van der Waals surface area contributed by atoms with E-state index < -0.39 is 10.0 Å². The second-order valence-electron chi connectivity index (χ2n) is 4.03. The number of nitrogens with two attached hydrogens (primary N) is 1. The van der Waals surface area contributed by atoms with Crippen molar-refractivity contribution in [3.05, 3.63) is 30.3 Å². The third-order valence-electron chi connectivity index (χ3n) is 2.40. The van der Waals surface area contributed by atoms with Gasteiger partial charge in [0.2, 0.25) is 10.0 Å². The highest BCUT2D eigenvalue weighted by molar-refractivity contribution is 7.92. The van der Waals surface area contributed by atoms with E-state index in [0.29, 0.717) is 11.5 Å². The lowest BCUT2D eigenvalue weighted by atomic mass is 10.1. The summed E-state index contributed by atoms with van der Waals surface area (Å²) in [5.41, 5.74) is 7.85. The van der Waals surface area contributed by atoms with E-state index in [1.165, 1.54) is 0 Å². The zero-order valence-electron chi connectivity index (χ0n) is 10.1. The van der Waals surface area contributed by atoms with Crippen LogP contribution in [-0.4, -0.2) is 24.5 Å². The number of sulfonamides is 1. The van der Waals surface area contributed by atoms with E-state index in [-0.39, 0.29) is 0 Å². The van der Waals surface area contributed by atoms with Crippen molar-refractivity contribution in [3.63, 3.8) is 0 Å². The molecule has 0 aliphatic carbocycles. The summed E-state index contributed by atoms with van der Waals surface area (Å²) in [5, 5.41) is 4.24. The van der Waals surface area contributed by atoms with Gasteiger partial charge in [-0.05, 0) is 12.1 Å². The minimum absolute atomic E-state index is 0.519. The number of nitrogens with zero attached hydrogens (tertiary/aromatic N) is 2. The molecule has 7 heteroatoms. The molecule has 0 radical (unpaired) electrons. The van der Waals surface area contributed by atoms with E-state index in [1.54, 1.807) is 42.1 Å². The van der Waals surface area contributed by atoms with Gasteiger partial charge in [0, 0.05) is 24.4 Å². The van der Waals surface area contributed by atoms with Crippen LogP contribution in [0.1, 0.15) is 0 Å². The van der Waals surface area contributed by atoms with Crippen molar-refractivity contribution in [2.75, 3.05) is 16.7 Å². The average Bonchev–Trinajstić information content (AvgIpc) is 2.58. The average molecular weight is 266 g/mol. The second-order valence-corrected chi connectivity index (χ2v) is 5.78. The Hall–Kier alpha value is -2.02. The Morgan fingerprint density at radius 1 is 1.28 bits per heavy atom. The maximum Gasteiger partial charge on any atom is 0.229 e. The van der Waals surface area contributed by atoms with Gasteiger partial charge in [0.1, 0.15) is 5.82 Å². The fourth-order valence-corrected chi connectivity index (χ4v) is 2.11. The molecule has 1 aromatic heterocycles. The van der Waals surface area contributed by atoms with Gasteiger partial charge in [0.15, 0.2) is 0 Å². The van der Waals surface area contributed by atoms with Gasteiger partial charge >= 0.3 is 0 Å².